The van der Waals surface area contributed by atoms with Crippen molar-refractivity contribution in [3.8, 4) is 0 Å². The van der Waals surface area contributed by atoms with Gasteiger partial charge in [-0.1, -0.05) is 0 Å². The number of aryl methyl sites for hydroxylation is 1. The van der Waals surface area contributed by atoms with Gasteiger partial charge in [0.2, 0.25) is 0 Å². The number of thiophene rings is 1. The molecule has 0 N–H and O–H groups in total. The second-order valence-electron chi connectivity index (χ2n) is 4.78. The Bertz CT molecular complexity index is 848. The maximum Gasteiger partial charge on any atom is 0.271 e. The number of benzene rings is 1. The molecule has 0 saturated heterocycles. The van der Waals surface area contributed by atoms with Crippen LogP contribution in [0.5, 0.6) is 0 Å². The second-order valence-corrected chi connectivity index (χ2v) is 6.07. The Morgan fingerprint density at radius 3 is 2.76 bits per heavy atom. The first-order valence-electron chi connectivity index (χ1n) is 6.37. The van der Waals surface area contributed by atoms with Crippen molar-refractivity contribution in [3.05, 3.63) is 62.5 Å². The van der Waals surface area contributed by atoms with E-state index in [1.165, 1.54) is 23.5 Å². The topological polar surface area (TPSA) is 65.1 Å². The Morgan fingerprint density at radius 2 is 2.10 bits per heavy atom. The number of nitro benzene ring substituents is 1. The van der Waals surface area contributed by atoms with Crippen LogP contribution in [0.2, 0.25) is 0 Å². The normalized spacial score (nSPS) is 10.9. The summed E-state index contributed by atoms with van der Waals surface area (Å²) in [4.78, 5) is 24.5. The summed E-state index contributed by atoms with van der Waals surface area (Å²) in [6, 6.07) is 10.3. The third kappa shape index (κ3) is 2.57. The van der Waals surface area contributed by atoms with E-state index in [0.717, 1.165) is 10.3 Å². The van der Waals surface area contributed by atoms with Crippen molar-refractivity contribution in [1.29, 1.82) is 0 Å². The van der Waals surface area contributed by atoms with E-state index in [1.807, 2.05) is 25.1 Å². The lowest BCUT2D eigenvalue weighted by molar-refractivity contribution is -0.384. The SMILES string of the molecule is Cc1ccc(C(=O)Cn2ccc3ccc([N+](=O)[O-])cc32)s1. The van der Waals surface area contributed by atoms with Crippen LogP contribution in [0, 0.1) is 17.0 Å². The summed E-state index contributed by atoms with van der Waals surface area (Å²) in [6.07, 6.45) is 1.78. The minimum absolute atomic E-state index is 0.0112. The number of ketones is 1. The Labute approximate surface area is 124 Å². The van der Waals surface area contributed by atoms with Gasteiger partial charge in [0, 0.05) is 28.6 Å². The first kappa shape index (κ1) is 13.5. The molecule has 2 aromatic heterocycles. The van der Waals surface area contributed by atoms with Gasteiger partial charge in [0.05, 0.1) is 21.9 Å². The zero-order valence-electron chi connectivity index (χ0n) is 11.3. The minimum atomic E-state index is -0.429. The molecule has 0 aliphatic rings. The molecule has 5 nitrogen and oxygen atoms in total. The first-order chi connectivity index (χ1) is 10.0. The number of hydrogen-bond acceptors (Lipinski definition) is 4. The summed E-state index contributed by atoms with van der Waals surface area (Å²) in [6.45, 7) is 2.14. The number of non-ortho nitro benzene ring substituents is 1. The molecule has 0 atom stereocenters. The Hall–Kier alpha value is -2.47. The molecule has 0 spiro atoms. The molecule has 106 valence electrons. The van der Waals surface area contributed by atoms with Gasteiger partial charge in [0.1, 0.15) is 0 Å². The molecule has 0 radical (unpaired) electrons. The highest BCUT2D eigenvalue weighted by molar-refractivity contribution is 7.14. The number of carbonyl (C=O) groups excluding carboxylic acids is 1. The van der Waals surface area contributed by atoms with Crippen LogP contribution in [-0.4, -0.2) is 15.3 Å². The molecule has 21 heavy (non-hydrogen) atoms. The van der Waals surface area contributed by atoms with Crippen LogP contribution >= 0.6 is 11.3 Å². The third-order valence-corrected chi connectivity index (χ3v) is 4.34. The van der Waals surface area contributed by atoms with E-state index < -0.39 is 4.92 Å². The quantitative estimate of drug-likeness (QED) is 0.418. The van der Waals surface area contributed by atoms with E-state index >= 15 is 0 Å². The molecule has 2 heterocycles. The summed E-state index contributed by atoms with van der Waals surface area (Å²) in [5, 5.41) is 11.7. The lowest BCUT2D eigenvalue weighted by Crippen LogP contribution is -2.08. The largest absolute Gasteiger partial charge is 0.339 e. The molecule has 3 rings (SSSR count). The smallest absolute Gasteiger partial charge is 0.271 e. The molecular weight excluding hydrogens is 288 g/mol. The molecule has 0 saturated carbocycles. The molecule has 0 aliphatic heterocycles. The average molecular weight is 300 g/mol. The first-order valence-corrected chi connectivity index (χ1v) is 7.19. The number of fused-ring (bicyclic) bond motifs is 1. The minimum Gasteiger partial charge on any atom is -0.339 e. The predicted octanol–water partition coefficient (Wildman–Crippen LogP) is 3.80. The fourth-order valence-corrected chi connectivity index (χ4v) is 3.04. The molecule has 6 heteroatoms. The predicted molar refractivity (Wildman–Crippen MR) is 82.0 cm³/mol. The summed E-state index contributed by atoms with van der Waals surface area (Å²) in [5.41, 5.74) is 0.729. The number of nitrogens with zero attached hydrogens (tertiary/aromatic N) is 2. The van der Waals surface area contributed by atoms with Crippen LogP contribution in [0.15, 0.2) is 42.6 Å². The van der Waals surface area contributed by atoms with E-state index in [-0.39, 0.29) is 18.0 Å². The van der Waals surface area contributed by atoms with Crippen molar-refractivity contribution in [2.75, 3.05) is 0 Å². The van der Waals surface area contributed by atoms with Gasteiger partial charge < -0.3 is 4.57 Å². The summed E-state index contributed by atoms with van der Waals surface area (Å²) >= 11 is 1.46. The standard InChI is InChI=1S/C15H12N2O3S/c1-10-2-5-15(21-10)14(18)9-16-7-6-11-3-4-12(17(19)20)8-13(11)16/h2-8H,9H2,1H3. The zero-order chi connectivity index (χ0) is 15.0. The zero-order valence-corrected chi connectivity index (χ0v) is 12.1. The van der Waals surface area contributed by atoms with Gasteiger partial charge in [0.15, 0.2) is 5.78 Å². The van der Waals surface area contributed by atoms with E-state index in [0.29, 0.717) is 10.4 Å². The Morgan fingerprint density at radius 1 is 1.29 bits per heavy atom. The summed E-state index contributed by atoms with van der Waals surface area (Å²) in [5.74, 6) is 0.0112. The fourth-order valence-electron chi connectivity index (χ4n) is 2.24. The van der Waals surface area contributed by atoms with Crippen molar-refractivity contribution in [3.63, 3.8) is 0 Å². The maximum absolute atomic E-state index is 12.2. The van der Waals surface area contributed by atoms with Crippen molar-refractivity contribution in [1.82, 2.24) is 4.57 Å². The number of rotatable bonds is 4. The average Bonchev–Trinajstić information content (AvgIpc) is 3.05. The number of hydrogen-bond donors (Lipinski definition) is 0. The maximum atomic E-state index is 12.2. The molecule has 0 amide bonds. The Balaban J connectivity index is 1.95. The van der Waals surface area contributed by atoms with E-state index in [2.05, 4.69) is 0 Å². The molecule has 0 fully saturated rings. The van der Waals surface area contributed by atoms with Crippen molar-refractivity contribution in [2.45, 2.75) is 13.5 Å². The Kier molecular flexibility index (Phi) is 3.31. The number of carbonyl (C=O) groups is 1. The highest BCUT2D eigenvalue weighted by atomic mass is 32.1. The van der Waals surface area contributed by atoms with Crippen molar-refractivity contribution < 1.29 is 9.72 Å². The highest BCUT2D eigenvalue weighted by Gasteiger charge is 2.13. The van der Waals surface area contributed by atoms with Crippen molar-refractivity contribution in [2.24, 2.45) is 0 Å². The lowest BCUT2D eigenvalue weighted by atomic mass is 10.2. The van der Waals surface area contributed by atoms with Gasteiger partial charge in [-0.05, 0) is 31.2 Å². The number of Topliss-reactive ketones (excluding diaryl/α,β-unsaturated/α-hetero) is 1. The molecule has 0 bridgehead atoms. The monoisotopic (exact) mass is 300 g/mol. The van der Waals surface area contributed by atoms with Crippen LogP contribution in [-0.2, 0) is 6.54 Å². The van der Waals surface area contributed by atoms with Crippen LogP contribution < -0.4 is 0 Å². The lowest BCUT2D eigenvalue weighted by Gasteiger charge is -2.03. The number of nitro groups is 1. The molecule has 3 aromatic rings. The molecule has 0 aliphatic carbocycles. The van der Waals surface area contributed by atoms with Gasteiger partial charge in [0.25, 0.3) is 5.69 Å². The van der Waals surface area contributed by atoms with E-state index in [4.69, 9.17) is 0 Å². The van der Waals surface area contributed by atoms with Gasteiger partial charge in [-0.3, -0.25) is 14.9 Å². The van der Waals surface area contributed by atoms with Gasteiger partial charge in [-0.2, -0.15) is 0 Å². The van der Waals surface area contributed by atoms with Crippen LogP contribution in [0.4, 0.5) is 5.69 Å². The van der Waals surface area contributed by atoms with Gasteiger partial charge >= 0.3 is 0 Å². The highest BCUT2D eigenvalue weighted by Crippen LogP contribution is 2.23. The van der Waals surface area contributed by atoms with Crippen LogP contribution in [0.1, 0.15) is 14.5 Å². The molecule has 1 aromatic carbocycles. The second kappa shape index (κ2) is 5.14. The molecular formula is C15H12N2O3S. The number of aromatic nitrogens is 1. The third-order valence-electron chi connectivity index (χ3n) is 3.30. The molecule has 0 unspecified atom stereocenters. The summed E-state index contributed by atoms with van der Waals surface area (Å²) < 4.78 is 1.75. The van der Waals surface area contributed by atoms with Crippen LogP contribution in [0.25, 0.3) is 10.9 Å². The summed E-state index contributed by atoms with van der Waals surface area (Å²) in [7, 11) is 0. The van der Waals surface area contributed by atoms with Gasteiger partial charge in [-0.25, -0.2) is 0 Å². The van der Waals surface area contributed by atoms with Crippen LogP contribution in [0.3, 0.4) is 0 Å². The van der Waals surface area contributed by atoms with Crippen molar-refractivity contribution >= 4 is 33.7 Å². The van der Waals surface area contributed by atoms with E-state index in [9.17, 15) is 14.9 Å². The fraction of sp³-hybridized carbons (Fsp3) is 0.133. The van der Waals surface area contributed by atoms with E-state index in [1.54, 1.807) is 16.8 Å². The van der Waals surface area contributed by atoms with Gasteiger partial charge in [-0.15, -0.1) is 11.3 Å².